The SMILES string of the molecule is CCC(CC)Nc1cc(C)nn2c(-c3c(C)cc(C)cc3C)cc(C)c12. The first kappa shape index (κ1) is 18.5. The van der Waals surface area contributed by atoms with Crippen molar-refractivity contribution >= 4 is 11.2 Å². The van der Waals surface area contributed by atoms with Gasteiger partial charge in [0.2, 0.25) is 0 Å². The smallest absolute Gasteiger partial charge is 0.0914 e. The number of nitrogens with zero attached hydrogens (tertiary/aromatic N) is 2. The predicted octanol–water partition coefficient (Wildman–Crippen LogP) is 6.14. The van der Waals surface area contributed by atoms with Crippen LogP contribution in [0.4, 0.5) is 5.69 Å². The quantitative estimate of drug-likeness (QED) is 0.599. The molecule has 0 radical (unpaired) electrons. The van der Waals surface area contributed by atoms with Crippen molar-refractivity contribution in [3.05, 3.63) is 52.2 Å². The average molecular weight is 350 g/mol. The molecule has 0 unspecified atom stereocenters. The molecule has 138 valence electrons. The fraction of sp³-hybridized carbons (Fsp3) is 0.435. The highest BCUT2D eigenvalue weighted by molar-refractivity contribution is 5.83. The van der Waals surface area contributed by atoms with Crippen LogP contribution in [0.3, 0.4) is 0 Å². The maximum absolute atomic E-state index is 4.87. The maximum atomic E-state index is 4.87. The van der Waals surface area contributed by atoms with Gasteiger partial charge in [-0.1, -0.05) is 31.5 Å². The summed E-state index contributed by atoms with van der Waals surface area (Å²) in [6.07, 6.45) is 2.24. The van der Waals surface area contributed by atoms with E-state index >= 15 is 0 Å². The zero-order chi connectivity index (χ0) is 19.0. The Balaban J connectivity index is 2.26. The Hall–Kier alpha value is -2.29. The van der Waals surface area contributed by atoms with E-state index in [0.29, 0.717) is 6.04 Å². The molecule has 1 aromatic carbocycles. The largest absolute Gasteiger partial charge is 0.381 e. The van der Waals surface area contributed by atoms with Gasteiger partial charge in [-0.15, -0.1) is 0 Å². The lowest BCUT2D eigenvalue weighted by molar-refractivity contribution is 0.671. The van der Waals surface area contributed by atoms with Crippen LogP contribution in [0, 0.1) is 34.6 Å². The number of aromatic nitrogens is 2. The van der Waals surface area contributed by atoms with Gasteiger partial charge in [-0.05, 0) is 76.3 Å². The van der Waals surface area contributed by atoms with Crippen molar-refractivity contribution in [1.29, 1.82) is 0 Å². The Morgan fingerprint density at radius 3 is 2.08 bits per heavy atom. The van der Waals surface area contributed by atoms with Crippen LogP contribution in [-0.4, -0.2) is 15.7 Å². The second-order valence-corrected chi connectivity index (χ2v) is 7.60. The van der Waals surface area contributed by atoms with Crippen LogP contribution < -0.4 is 5.32 Å². The zero-order valence-electron chi connectivity index (χ0n) is 17.2. The summed E-state index contributed by atoms with van der Waals surface area (Å²) in [5, 5.41) is 8.62. The number of anilines is 1. The standard InChI is InChI=1S/C23H31N3/c1-8-19(9-2)24-20-13-18(7)25-26-21(12-17(6)23(20)26)22-15(4)10-14(3)11-16(22)5/h10-13,19,24H,8-9H2,1-7H3. The van der Waals surface area contributed by atoms with Crippen LogP contribution in [0.2, 0.25) is 0 Å². The zero-order valence-corrected chi connectivity index (χ0v) is 17.2. The van der Waals surface area contributed by atoms with Gasteiger partial charge in [-0.25, -0.2) is 4.52 Å². The summed E-state index contributed by atoms with van der Waals surface area (Å²) in [7, 11) is 0. The maximum Gasteiger partial charge on any atom is 0.0914 e. The monoisotopic (exact) mass is 349 g/mol. The van der Waals surface area contributed by atoms with Gasteiger partial charge in [-0.2, -0.15) is 5.10 Å². The number of benzene rings is 1. The minimum atomic E-state index is 0.487. The Morgan fingerprint density at radius 2 is 1.50 bits per heavy atom. The predicted molar refractivity (Wildman–Crippen MR) is 112 cm³/mol. The van der Waals surface area contributed by atoms with E-state index in [-0.39, 0.29) is 0 Å². The summed E-state index contributed by atoms with van der Waals surface area (Å²) in [6.45, 7) is 15.3. The molecule has 3 nitrogen and oxygen atoms in total. The molecule has 0 aliphatic heterocycles. The molecular weight excluding hydrogens is 318 g/mol. The highest BCUT2D eigenvalue weighted by Crippen LogP contribution is 2.34. The van der Waals surface area contributed by atoms with Gasteiger partial charge in [0.15, 0.2) is 0 Å². The molecule has 0 saturated carbocycles. The van der Waals surface area contributed by atoms with Gasteiger partial charge >= 0.3 is 0 Å². The first-order valence-electron chi connectivity index (χ1n) is 9.70. The van der Waals surface area contributed by atoms with Crippen LogP contribution in [-0.2, 0) is 0 Å². The third-order valence-electron chi connectivity index (χ3n) is 5.31. The van der Waals surface area contributed by atoms with Crippen molar-refractivity contribution < 1.29 is 0 Å². The molecule has 0 atom stereocenters. The molecule has 2 heterocycles. The molecule has 2 aromatic heterocycles. The summed E-state index contributed by atoms with van der Waals surface area (Å²) in [5.41, 5.74) is 11.1. The number of hydrogen-bond donors (Lipinski definition) is 1. The van der Waals surface area contributed by atoms with Gasteiger partial charge in [0.1, 0.15) is 0 Å². The summed E-state index contributed by atoms with van der Waals surface area (Å²) in [5.74, 6) is 0. The molecule has 3 heteroatoms. The Morgan fingerprint density at radius 1 is 0.885 bits per heavy atom. The van der Waals surface area contributed by atoms with Crippen molar-refractivity contribution in [2.45, 2.75) is 67.3 Å². The molecule has 0 aliphatic carbocycles. The number of aryl methyl sites for hydroxylation is 5. The van der Waals surface area contributed by atoms with E-state index in [0.717, 1.165) is 18.5 Å². The van der Waals surface area contributed by atoms with Crippen molar-refractivity contribution in [2.24, 2.45) is 0 Å². The molecule has 26 heavy (non-hydrogen) atoms. The number of nitrogens with one attached hydrogen (secondary N) is 1. The van der Waals surface area contributed by atoms with E-state index < -0.39 is 0 Å². The van der Waals surface area contributed by atoms with Gasteiger partial charge < -0.3 is 5.32 Å². The van der Waals surface area contributed by atoms with Crippen LogP contribution in [0.15, 0.2) is 24.3 Å². The van der Waals surface area contributed by atoms with E-state index in [9.17, 15) is 0 Å². The fourth-order valence-electron chi connectivity index (χ4n) is 4.10. The molecule has 0 saturated heterocycles. The van der Waals surface area contributed by atoms with Crippen LogP contribution in [0.25, 0.3) is 16.8 Å². The first-order valence-corrected chi connectivity index (χ1v) is 9.70. The van der Waals surface area contributed by atoms with Crippen molar-refractivity contribution in [1.82, 2.24) is 9.61 Å². The summed E-state index contributed by atoms with van der Waals surface area (Å²) < 4.78 is 2.14. The lowest BCUT2D eigenvalue weighted by atomic mass is 9.97. The van der Waals surface area contributed by atoms with E-state index in [1.54, 1.807) is 0 Å². The second-order valence-electron chi connectivity index (χ2n) is 7.60. The molecule has 0 fully saturated rings. The molecule has 0 amide bonds. The van der Waals surface area contributed by atoms with Gasteiger partial charge in [-0.3, -0.25) is 0 Å². The number of fused-ring (bicyclic) bond motifs is 1. The van der Waals surface area contributed by atoms with Crippen molar-refractivity contribution in [3.63, 3.8) is 0 Å². The van der Waals surface area contributed by atoms with Crippen LogP contribution in [0.1, 0.15) is 54.6 Å². The van der Waals surface area contributed by atoms with E-state index in [1.165, 1.54) is 44.7 Å². The third kappa shape index (κ3) is 3.23. The van der Waals surface area contributed by atoms with Crippen LogP contribution in [0.5, 0.6) is 0 Å². The summed E-state index contributed by atoms with van der Waals surface area (Å²) in [6, 6.07) is 9.47. The topological polar surface area (TPSA) is 29.3 Å². The molecule has 3 aromatic rings. The normalized spacial score (nSPS) is 11.5. The Labute approximate surface area is 157 Å². The molecular formula is C23H31N3. The van der Waals surface area contributed by atoms with Gasteiger partial charge in [0.05, 0.1) is 22.6 Å². The Bertz CT molecular complexity index is 923. The first-order chi connectivity index (χ1) is 12.3. The van der Waals surface area contributed by atoms with Crippen molar-refractivity contribution in [3.8, 4) is 11.3 Å². The van der Waals surface area contributed by atoms with Crippen molar-refractivity contribution in [2.75, 3.05) is 5.32 Å². The van der Waals surface area contributed by atoms with E-state index in [2.05, 4.69) is 82.6 Å². The lowest BCUT2D eigenvalue weighted by Gasteiger charge is -2.18. The third-order valence-corrected chi connectivity index (χ3v) is 5.31. The highest BCUT2D eigenvalue weighted by atomic mass is 15.2. The molecule has 1 N–H and O–H groups in total. The minimum absolute atomic E-state index is 0.487. The fourth-order valence-corrected chi connectivity index (χ4v) is 4.10. The minimum Gasteiger partial charge on any atom is -0.381 e. The molecule has 0 aliphatic rings. The highest BCUT2D eigenvalue weighted by Gasteiger charge is 2.18. The van der Waals surface area contributed by atoms with E-state index in [1.807, 2.05) is 0 Å². The summed E-state index contributed by atoms with van der Waals surface area (Å²) in [4.78, 5) is 0. The molecule has 3 rings (SSSR count). The number of rotatable bonds is 5. The molecule has 0 spiro atoms. The average Bonchev–Trinajstić information content (AvgIpc) is 2.88. The van der Waals surface area contributed by atoms with Gasteiger partial charge in [0.25, 0.3) is 0 Å². The van der Waals surface area contributed by atoms with Gasteiger partial charge in [0, 0.05) is 11.6 Å². The summed E-state index contributed by atoms with van der Waals surface area (Å²) >= 11 is 0. The van der Waals surface area contributed by atoms with Crippen LogP contribution >= 0.6 is 0 Å². The molecule has 0 bridgehead atoms. The Kier molecular flexibility index (Phi) is 5.08. The second kappa shape index (κ2) is 7.14. The number of hydrogen-bond acceptors (Lipinski definition) is 2. The van der Waals surface area contributed by atoms with E-state index in [4.69, 9.17) is 5.10 Å². The lowest BCUT2D eigenvalue weighted by Crippen LogP contribution is -2.18.